The van der Waals surface area contributed by atoms with Gasteiger partial charge in [-0.1, -0.05) is 39.8 Å². The van der Waals surface area contributed by atoms with Gasteiger partial charge >= 0.3 is 12.2 Å². The van der Waals surface area contributed by atoms with Crippen LogP contribution in [0.1, 0.15) is 118 Å². The van der Waals surface area contributed by atoms with Crippen LogP contribution in [0, 0.1) is 18.8 Å². The number of amides is 3. The summed E-state index contributed by atoms with van der Waals surface area (Å²) in [6.07, 6.45) is 6.82. The average molecular weight is 911 g/mol. The standard InChI is InChI=1S/C51H62N10O6/c1-29(2)44(56-50(64)65)48(62)59-24-10-12-42(59)46-52-35-17-14-32(27-37(35)54-46)40-20-21-41(61(40)34-16-19-39(31(5)26-34)58-22-8-7-9-23-58)33-15-18-36-38(28-33)55-47(53-36)43-13-11-25-60(43)49(63)45(30(3)4)57-51(66)67-6/h11,13-19,25-30,40-42,44-45,56H,7-10,12,20-24H2,1-6H3,(H,52,54)(H,53,55)(H,57,66)(H,64,65)/t40?,41-,42?,44+,45?/m1/s1. The predicted molar refractivity (Wildman–Crippen MR) is 258 cm³/mol. The first-order valence-corrected chi connectivity index (χ1v) is 23.8. The van der Waals surface area contributed by atoms with Crippen LogP contribution < -0.4 is 20.4 Å². The van der Waals surface area contributed by atoms with Crippen LogP contribution in [0.5, 0.6) is 0 Å². The molecule has 3 aliphatic heterocycles. The first-order valence-electron chi connectivity index (χ1n) is 23.8. The lowest BCUT2D eigenvalue weighted by Crippen LogP contribution is -2.50. The van der Waals surface area contributed by atoms with E-state index in [1.165, 1.54) is 42.2 Å². The molecule has 5 atom stereocenters. The van der Waals surface area contributed by atoms with Gasteiger partial charge in [-0.15, -0.1) is 0 Å². The zero-order valence-corrected chi connectivity index (χ0v) is 39.2. The molecule has 3 aliphatic rings. The van der Waals surface area contributed by atoms with Gasteiger partial charge in [0.25, 0.3) is 5.91 Å². The number of hydrogen-bond donors (Lipinski definition) is 5. The molecular formula is C51H62N10O6. The molecular weight excluding hydrogens is 849 g/mol. The SMILES string of the molecule is COC(=O)NC(C(=O)n1cccc1-c1nc2cc([C@H]3CCC(c4ccc5[nH]c(C6CCCN6C(=O)[C@@H](NC(=O)O)C(C)C)nc5c4)N3c3ccc(N4CCCCC4)c(C)c3)ccc2[nH]1)C(C)C. The topological polar surface area (TPSA) is 194 Å². The highest BCUT2D eigenvalue weighted by atomic mass is 16.5. The van der Waals surface area contributed by atoms with Crippen LogP contribution in [0.4, 0.5) is 21.0 Å². The number of piperidine rings is 1. The van der Waals surface area contributed by atoms with Gasteiger partial charge in [-0.25, -0.2) is 19.6 Å². The van der Waals surface area contributed by atoms with Gasteiger partial charge in [0, 0.05) is 37.2 Å². The number of carboxylic acid groups (broad SMARTS) is 1. The summed E-state index contributed by atoms with van der Waals surface area (Å²) in [7, 11) is 1.28. The fourth-order valence-electron chi connectivity index (χ4n) is 10.6. The Morgan fingerprint density at radius 1 is 0.731 bits per heavy atom. The van der Waals surface area contributed by atoms with E-state index in [0.717, 1.165) is 77.7 Å². The Morgan fingerprint density at radius 2 is 1.39 bits per heavy atom. The first-order chi connectivity index (χ1) is 32.3. The van der Waals surface area contributed by atoms with Gasteiger partial charge in [-0.3, -0.25) is 14.2 Å². The molecule has 3 aromatic heterocycles. The van der Waals surface area contributed by atoms with Gasteiger partial charge in [0.1, 0.15) is 17.9 Å². The van der Waals surface area contributed by atoms with Crippen molar-refractivity contribution in [1.29, 1.82) is 0 Å². The van der Waals surface area contributed by atoms with Gasteiger partial charge < -0.3 is 45.1 Å². The number of nitrogens with zero attached hydrogens (tertiary/aromatic N) is 6. The number of nitrogens with one attached hydrogen (secondary N) is 4. The van der Waals surface area contributed by atoms with Crippen LogP contribution in [0.25, 0.3) is 33.6 Å². The molecule has 0 aliphatic carbocycles. The zero-order chi connectivity index (χ0) is 47.1. The van der Waals surface area contributed by atoms with Gasteiger partial charge in [-0.2, -0.15) is 0 Å². The fourth-order valence-corrected chi connectivity index (χ4v) is 10.6. The number of methoxy groups -OCH3 is 1. The molecule has 3 saturated heterocycles. The molecule has 0 radical (unpaired) electrons. The highest BCUT2D eigenvalue weighted by molar-refractivity contribution is 5.91. The summed E-state index contributed by atoms with van der Waals surface area (Å²) in [4.78, 5) is 75.4. The van der Waals surface area contributed by atoms with Crippen LogP contribution in [0.3, 0.4) is 0 Å². The van der Waals surface area contributed by atoms with Crippen LogP contribution in [-0.2, 0) is 9.53 Å². The van der Waals surface area contributed by atoms with Crippen LogP contribution in [0.2, 0.25) is 0 Å². The van der Waals surface area contributed by atoms with Crippen molar-refractivity contribution in [2.45, 2.75) is 110 Å². The van der Waals surface area contributed by atoms with Crippen LogP contribution >= 0.6 is 0 Å². The highest BCUT2D eigenvalue weighted by Crippen LogP contribution is 2.48. The van der Waals surface area contributed by atoms with E-state index in [0.29, 0.717) is 23.9 Å². The van der Waals surface area contributed by atoms with E-state index < -0.39 is 24.3 Å². The molecule has 3 fully saturated rings. The van der Waals surface area contributed by atoms with Crippen molar-refractivity contribution in [2.75, 3.05) is 36.5 Å². The van der Waals surface area contributed by atoms with Crippen LogP contribution in [-0.4, -0.2) is 97.3 Å². The third kappa shape index (κ3) is 8.93. The number of aryl methyl sites for hydroxylation is 1. The number of imidazole rings is 2. The number of anilines is 2. The summed E-state index contributed by atoms with van der Waals surface area (Å²) >= 11 is 0. The third-order valence-corrected chi connectivity index (χ3v) is 14.0. The smallest absolute Gasteiger partial charge is 0.407 e. The number of ether oxygens (including phenoxy) is 1. The minimum atomic E-state index is -1.21. The van der Waals surface area contributed by atoms with Gasteiger partial charge in [0.15, 0.2) is 5.82 Å². The number of carbonyl (C=O) groups is 4. The van der Waals surface area contributed by atoms with E-state index in [1.54, 1.807) is 17.2 Å². The van der Waals surface area contributed by atoms with Gasteiger partial charge in [-0.05, 0) is 135 Å². The Bertz CT molecular complexity index is 2800. The number of aromatic amines is 2. The molecule has 16 nitrogen and oxygen atoms in total. The summed E-state index contributed by atoms with van der Waals surface area (Å²) < 4.78 is 6.34. The molecule has 0 bridgehead atoms. The second kappa shape index (κ2) is 18.8. The summed E-state index contributed by atoms with van der Waals surface area (Å²) in [5.41, 5.74) is 9.87. The van der Waals surface area contributed by atoms with Crippen molar-refractivity contribution in [1.82, 2.24) is 40.0 Å². The number of carbonyl (C=O) groups excluding carboxylic acids is 3. The van der Waals surface area contributed by atoms with E-state index in [2.05, 4.69) is 91.9 Å². The summed E-state index contributed by atoms with van der Waals surface area (Å²) in [6.45, 7) is 12.3. The molecule has 6 aromatic rings. The number of fused-ring (bicyclic) bond motifs is 2. The Labute approximate surface area is 390 Å². The van der Waals surface area contributed by atoms with E-state index in [1.807, 2.05) is 33.8 Å². The molecule has 67 heavy (non-hydrogen) atoms. The minimum absolute atomic E-state index is 0.0215. The summed E-state index contributed by atoms with van der Waals surface area (Å²) in [6, 6.07) is 21.5. The third-order valence-electron chi connectivity index (χ3n) is 14.0. The van der Waals surface area contributed by atoms with Crippen molar-refractivity contribution >= 4 is 57.4 Å². The number of benzene rings is 3. The maximum absolute atomic E-state index is 13.8. The number of rotatable bonds is 12. The second-order valence-corrected chi connectivity index (χ2v) is 19.1. The maximum Gasteiger partial charge on any atom is 0.407 e. The van der Waals surface area contributed by atoms with Crippen molar-refractivity contribution < 1.29 is 29.0 Å². The predicted octanol–water partition coefficient (Wildman–Crippen LogP) is 9.27. The summed E-state index contributed by atoms with van der Waals surface area (Å²) in [5, 5.41) is 14.6. The molecule has 0 spiro atoms. The van der Waals surface area contributed by atoms with Crippen molar-refractivity contribution in [3.8, 4) is 11.5 Å². The second-order valence-electron chi connectivity index (χ2n) is 19.1. The molecule has 9 rings (SSSR count). The highest BCUT2D eigenvalue weighted by Gasteiger charge is 2.39. The molecule has 3 aromatic carbocycles. The Hall–Kier alpha value is -6.84. The Kier molecular flexibility index (Phi) is 12.7. The summed E-state index contributed by atoms with van der Waals surface area (Å²) in [5.74, 6) is 0.346. The molecule has 0 saturated carbocycles. The first kappa shape index (κ1) is 45.3. The largest absolute Gasteiger partial charge is 0.465 e. The van der Waals surface area contributed by atoms with E-state index in [4.69, 9.17) is 14.7 Å². The van der Waals surface area contributed by atoms with Crippen molar-refractivity contribution in [2.24, 2.45) is 11.8 Å². The van der Waals surface area contributed by atoms with Crippen molar-refractivity contribution in [3.05, 3.63) is 95.4 Å². The van der Waals surface area contributed by atoms with E-state index >= 15 is 0 Å². The number of likely N-dealkylation sites (tertiary alicyclic amines) is 1. The number of alkyl carbamates (subject to hydrolysis) is 1. The molecule has 5 N–H and O–H groups in total. The number of aromatic nitrogens is 5. The van der Waals surface area contributed by atoms with Gasteiger partial charge in [0.05, 0.1) is 53.0 Å². The maximum atomic E-state index is 13.8. The lowest BCUT2D eigenvalue weighted by atomic mass is 10.0. The lowest BCUT2D eigenvalue weighted by molar-refractivity contribution is -0.135. The average Bonchev–Trinajstić information content (AvgIpc) is 4.18. The number of H-pyrrole nitrogens is 2. The molecule has 3 amide bonds. The van der Waals surface area contributed by atoms with Crippen molar-refractivity contribution in [3.63, 3.8) is 0 Å². The molecule has 6 heterocycles. The normalized spacial score (nSPS) is 19.7. The molecule has 16 heteroatoms. The Morgan fingerprint density at radius 3 is 2.03 bits per heavy atom. The molecule has 3 unspecified atom stereocenters. The zero-order valence-electron chi connectivity index (χ0n) is 39.2. The monoisotopic (exact) mass is 910 g/mol. The lowest BCUT2D eigenvalue weighted by Gasteiger charge is -2.35. The van der Waals surface area contributed by atoms with Gasteiger partial charge in [0.2, 0.25) is 5.91 Å². The fraction of sp³-hybridized carbons (Fsp3) is 0.451. The minimum Gasteiger partial charge on any atom is -0.465 e. The van der Waals surface area contributed by atoms with E-state index in [9.17, 15) is 24.3 Å². The van der Waals surface area contributed by atoms with Crippen LogP contribution in [0.15, 0.2) is 72.9 Å². The quantitative estimate of drug-likeness (QED) is 0.0790. The Balaban J connectivity index is 1.04. The van der Waals surface area contributed by atoms with E-state index in [-0.39, 0.29) is 41.8 Å². The number of hydrogen-bond acceptors (Lipinski definition) is 9. The molecule has 352 valence electrons.